The summed E-state index contributed by atoms with van der Waals surface area (Å²) < 4.78 is 7.13. The van der Waals surface area contributed by atoms with Crippen LogP contribution in [0, 0.1) is 0 Å². The Morgan fingerprint density at radius 3 is 2.42 bits per heavy atom. The van der Waals surface area contributed by atoms with Gasteiger partial charge in [0.1, 0.15) is 5.60 Å². The van der Waals surface area contributed by atoms with E-state index in [0.717, 1.165) is 5.56 Å². The van der Waals surface area contributed by atoms with E-state index in [1.54, 1.807) is 22.0 Å². The number of likely N-dealkylation sites (tertiary alicyclic amines) is 1. The van der Waals surface area contributed by atoms with Crippen molar-refractivity contribution in [2.24, 2.45) is 0 Å². The normalized spacial score (nSPS) is 15.7. The molecule has 0 aliphatic carbocycles. The van der Waals surface area contributed by atoms with E-state index < -0.39 is 5.60 Å². The zero-order valence-corrected chi connectivity index (χ0v) is 15.5. The van der Waals surface area contributed by atoms with Crippen molar-refractivity contribution in [1.29, 1.82) is 0 Å². The number of amides is 1. The summed E-state index contributed by atoms with van der Waals surface area (Å²) in [6, 6.07) is 9.60. The van der Waals surface area contributed by atoms with Gasteiger partial charge in [-0.3, -0.25) is 9.36 Å². The lowest BCUT2D eigenvalue weighted by molar-refractivity contribution is 0.0187. The third-order valence-corrected chi connectivity index (χ3v) is 4.45. The van der Waals surface area contributed by atoms with Crippen molar-refractivity contribution in [3.8, 4) is 11.1 Å². The SMILES string of the molecule is CC(C)(C)OC(=O)N1CCC(n2cncc(-c3ccccc3)c2=O)CC1. The van der Waals surface area contributed by atoms with E-state index in [0.29, 0.717) is 31.5 Å². The maximum Gasteiger partial charge on any atom is 0.410 e. The quantitative estimate of drug-likeness (QED) is 0.827. The summed E-state index contributed by atoms with van der Waals surface area (Å²) in [5.74, 6) is 0. The standard InChI is InChI=1S/C20H25N3O3/c1-20(2,3)26-19(25)22-11-9-16(10-12-22)23-14-21-13-17(18(23)24)15-7-5-4-6-8-15/h4-8,13-14,16H,9-12H2,1-3H3. The Kier molecular flexibility index (Phi) is 5.11. The van der Waals surface area contributed by atoms with Crippen molar-refractivity contribution in [3.05, 3.63) is 53.2 Å². The van der Waals surface area contributed by atoms with Gasteiger partial charge in [-0.2, -0.15) is 0 Å². The van der Waals surface area contributed by atoms with E-state index >= 15 is 0 Å². The number of nitrogens with zero attached hydrogens (tertiary/aromatic N) is 3. The van der Waals surface area contributed by atoms with Crippen LogP contribution in [-0.4, -0.2) is 39.2 Å². The number of piperidine rings is 1. The van der Waals surface area contributed by atoms with Crippen molar-refractivity contribution in [2.75, 3.05) is 13.1 Å². The highest BCUT2D eigenvalue weighted by Crippen LogP contribution is 2.23. The molecule has 26 heavy (non-hydrogen) atoms. The average molecular weight is 355 g/mol. The van der Waals surface area contributed by atoms with Crippen LogP contribution >= 0.6 is 0 Å². The van der Waals surface area contributed by atoms with Gasteiger partial charge in [0.25, 0.3) is 5.56 Å². The molecule has 1 aromatic carbocycles. The van der Waals surface area contributed by atoms with Gasteiger partial charge >= 0.3 is 6.09 Å². The van der Waals surface area contributed by atoms with Gasteiger partial charge < -0.3 is 9.64 Å². The Labute approximate surface area is 153 Å². The molecule has 1 aromatic heterocycles. The molecule has 1 fully saturated rings. The van der Waals surface area contributed by atoms with Gasteiger partial charge in [0.05, 0.1) is 11.9 Å². The van der Waals surface area contributed by atoms with Crippen molar-refractivity contribution in [1.82, 2.24) is 14.5 Å². The summed E-state index contributed by atoms with van der Waals surface area (Å²) >= 11 is 0. The Hall–Kier alpha value is -2.63. The van der Waals surface area contributed by atoms with Crippen molar-refractivity contribution in [2.45, 2.75) is 45.3 Å². The van der Waals surface area contributed by atoms with Gasteiger partial charge in [0.15, 0.2) is 0 Å². The predicted octanol–water partition coefficient (Wildman–Crippen LogP) is 3.48. The number of ether oxygens (including phenoxy) is 1. The Balaban J connectivity index is 1.73. The summed E-state index contributed by atoms with van der Waals surface area (Å²) in [6.07, 6.45) is 4.34. The Morgan fingerprint density at radius 1 is 1.15 bits per heavy atom. The fraction of sp³-hybridized carbons (Fsp3) is 0.450. The molecule has 6 nitrogen and oxygen atoms in total. The number of rotatable bonds is 2. The molecule has 0 radical (unpaired) electrons. The van der Waals surface area contributed by atoms with Crippen molar-refractivity contribution < 1.29 is 9.53 Å². The molecule has 1 saturated heterocycles. The monoisotopic (exact) mass is 355 g/mol. The first-order chi connectivity index (χ1) is 12.3. The largest absolute Gasteiger partial charge is 0.444 e. The van der Waals surface area contributed by atoms with E-state index in [4.69, 9.17) is 4.74 Å². The van der Waals surface area contributed by atoms with E-state index in [9.17, 15) is 9.59 Å². The lowest BCUT2D eigenvalue weighted by Gasteiger charge is -2.34. The molecule has 138 valence electrons. The first-order valence-corrected chi connectivity index (χ1v) is 8.94. The molecule has 1 aliphatic rings. The maximum atomic E-state index is 12.9. The molecule has 3 rings (SSSR count). The van der Waals surface area contributed by atoms with Crippen LogP contribution in [-0.2, 0) is 4.74 Å². The number of benzene rings is 1. The third-order valence-electron chi connectivity index (χ3n) is 4.45. The average Bonchev–Trinajstić information content (AvgIpc) is 2.61. The van der Waals surface area contributed by atoms with Gasteiger partial charge in [0.2, 0.25) is 0 Å². The maximum absolute atomic E-state index is 12.9. The molecule has 0 bridgehead atoms. The van der Waals surface area contributed by atoms with E-state index in [1.807, 2.05) is 51.1 Å². The van der Waals surface area contributed by atoms with Gasteiger partial charge in [0, 0.05) is 25.3 Å². The Morgan fingerprint density at radius 2 is 1.81 bits per heavy atom. The van der Waals surface area contributed by atoms with Crippen LogP contribution in [0.1, 0.15) is 39.7 Å². The summed E-state index contributed by atoms with van der Waals surface area (Å²) in [4.78, 5) is 31.0. The van der Waals surface area contributed by atoms with E-state index in [2.05, 4.69) is 4.98 Å². The zero-order chi connectivity index (χ0) is 18.7. The van der Waals surface area contributed by atoms with Crippen LogP contribution in [0.15, 0.2) is 47.7 Å². The third kappa shape index (κ3) is 4.12. The highest BCUT2D eigenvalue weighted by atomic mass is 16.6. The molecule has 0 spiro atoms. The first kappa shape index (κ1) is 18.2. The lowest BCUT2D eigenvalue weighted by atomic mass is 10.0. The molecule has 1 aliphatic heterocycles. The van der Waals surface area contributed by atoms with Crippen LogP contribution < -0.4 is 5.56 Å². The number of hydrogen-bond donors (Lipinski definition) is 0. The smallest absolute Gasteiger partial charge is 0.410 e. The number of carbonyl (C=O) groups is 1. The second-order valence-electron chi connectivity index (χ2n) is 7.58. The number of hydrogen-bond acceptors (Lipinski definition) is 4. The van der Waals surface area contributed by atoms with Gasteiger partial charge in [-0.1, -0.05) is 30.3 Å². The summed E-state index contributed by atoms with van der Waals surface area (Å²) in [7, 11) is 0. The summed E-state index contributed by atoms with van der Waals surface area (Å²) in [5.41, 5.74) is 0.925. The summed E-state index contributed by atoms with van der Waals surface area (Å²) in [6.45, 7) is 6.72. The minimum atomic E-state index is -0.501. The fourth-order valence-electron chi connectivity index (χ4n) is 3.16. The van der Waals surface area contributed by atoms with Crippen LogP contribution in [0.5, 0.6) is 0 Å². The lowest BCUT2D eigenvalue weighted by Crippen LogP contribution is -2.43. The van der Waals surface area contributed by atoms with Gasteiger partial charge in [-0.15, -0.1) is 0 Å². The first-order valence-electron chi connectivity index (χ1n) is 8.94. The fourth-order valence-corrected chi connectivity index (χ4v) is 3.16. The highest BCUT2D eigenvalue weighted by molar-refractivity contribution is 5.68. The molecular formula is C20H25N3O3. The van der Waals surface area contributed by atoms with E-state index in [1.165, 1.54) is 0 Å². The van der Waals surface area contributed by atoms with Crippen LogP contribution in [0.3, 0.4) is 0 Å². The van der Waals surface area contributed by atoms with E-state index in [-0.39, 0.29) is 17.7 Å². The van der Waals surface area contributed by atoms with Crippen LogP contribution in [0.25, 0.3) is 11.1 Å². The molecular weight excluding hydrogens is 330 g/mol. The molecule has 1 amide bonds. The Bertz CT molecular complexity index is 816. The molecule has 2 heterocycles. The molecule has 0 N–H and O–H groups in total. The second kappa shape index (κ2) is 7.32. The molecule has 6 heteroatoms. The summed E-state index contributed by atoms with van der Waals surface area (Å²) in [5, 5.41) is 0. The number of carbonyl (C=O) groups excluding carboxylic acids is 1. The topological polar surface area (TPSA) is 64.4 Å². The molecule has 0 saturated carbocycles. The molecule has 0 unspecified atom stereocenters. The molecule has 2 aromatic rings. The van der Waals surface area contributed by atoms with Crippen LogP contribution in [0.4, 0.5) is 4.79 Å². The zero-order valence-electron chi connectivity index (χ0n) is 15.5. The van der Waals surface area contributed by atoms with Crippen molar-refractivity contribution in [3.63, 3.8) is 0 Å². The molecule has 0 atom stereocenters. The van der Waals surface area contributed by atoms with Crippen LogP contribution in [0.2, 0.25) is 0 Å². The van der Waals surface area contributed by atoms with Crippen molar-refractivity contribution >= 4 is 6.09 Å². The van der Waals surface area contributed by atoms with Gasteiger partial charge in [-0.25, -0.2) is 9.78 Å². The second-order valence-corrected chi connectivity index (χ2v) is 7.58. The minimum absolute atomic E-state index is 0.0392. The number of aromatic nitrogens is 2. The van der Waals surface area contributed by atoms with Gasteiger partial charge in [-0.05, 0) is 39.2 Å². The minimum Gasteiger partial charge on any atom is -0.444 e. The predicted molar refractivity (Wildman–Crippen MR) is 100 cm³/mol. The highest BCUT2D eigenvalue weighted by Gasteiger charge is 2.28.